The molecule has 0 bridgehead atoms. The lowest BCUT2D eigenvalue weighted by molar-refractivity contribution is -0.137. The molecule has 7 heteroatoms. The number of carbonyl (C=O) groups is 1. The van der Waals surface area contributed by atoms with Crippen LogP contribution in [0.4, 0.5) is 13.2 Å². The molecule has 0 radical (unpaired) electrons. The Bertz CT molecular complexity index is 605. The molecule has 0 saturated heterocycles. The number of carbonyl (C=O) groups excluding carboxylic acids is 1. The maximum atomic E-state index is 12.8. The molecule has 0 atom stereocenters. The molecule has 0 spiro atoms. The van der Waals surface area contributed by atoms with E-state index in [9.17, 15) is 18.0 Å². The van der Waals surface area contributed by atoms with Gasteiger partial charge in [-0.15, -0.1) is 0 Å². The third-order valence-electron chi connectivity index (χ3n) is 2.34. The molecule has 1 aromatic heterocycles. The fourth-order valence-electron chi connectivity index (χ4n) is 1.57. The number of aromatic nitrogens is 2. The zero-order valence-electron chi connectivity index (χ0n) is 9.86. The summed E-state index contributed by atoms with van der Waals surface area (Å²) in [6.45, 7) is 1.33. The summed E-state index contributed by atoms with van der Waals surface area (Å²) in [5.41, 5.74) is -1.02. The van der Waals surface area contributed by atoms with Crippen molar-refractivity contribution in [1.29, 1.82) is 0 Å². The van der Waals surface area contributed by atoms with Gasteiger partial charge in [-0.05, 0) is 13.0 Å². The Labute approximate surface area is 106 Å². The van der Waals surface area contributed by atoms with Crippen molar-refractivity contribution < 1.29 is 22.5 Å². The molecular formula is C12H9F3N2O2. The van der Waals surface area contributed by atoms with Crippen LogP contribution >= 0.6 is 0 Å². The van der Waals surface area contributed by atoms with Crippen molar-refractivity contribution in [3.05, 3.63) is 35.7 Å². The van der Waals surface area contributed by atoms with Gasteiger partial charge in [0.2, 0.25) is 11.7 Å². The molecule has 1 heterocycles. The first-order valence-electron chi connectivity index (χ1n) is 5.36. The van der Waals surface area contributed by atoms with Crippen LogP contribution in [0.15, 0.2) is 28.8 Å². The summed E-state index contributed by atoms with van der Waals surface area (Å²) in [7, 11) is 0. The standard InChI is InChI=1S/C12H9F3N2O2/c1-7(18)6-10-16-11(17-19-10)8-4-2-3-5-9(8)12(13,14)15/h2-5H,6H2,1H3. The van der Waals surface area contributed by atoms with Gasteiger partial charge in [0.15, 0.2) is 0 Å². The van der Waals surface area contributed by atoms with Crippen molar-refractivity contribution >= 4 is 5.78 Å². The number of Topliss-reactive ketones (excluding diaryl/α,β-unsaturated/α-hetero) is 1. The van der Waals surface area contributed by atoms with Gasteiger partial charge in [0.1, 0.15) is 5.78 Å². The Hall–Kier alpha value is -2.18. The maximum absolute atomic E-state index is 12.8. The van der Waals surface area contributed by atoms with Gasteiger partial charge in [0.25, 0.3) is 0 Å². The highest BCUT2D eigenvalue weighted by molar-refractivity contribution is 5.77. The Morgan fingerprint density at radius 1 is 1.32 bits per heavy atom. The highest BCUT2D eigenvalue weighted by atomic mass is 19.4. The first-order valence-corrected chi connectivity index (χ1v) is 5.36. The fourth-order valence-corrected chi connectivity index (χ4v) is 1.57. The van der Waals surface area contributed by atoms with E-state index < -0.39 is 11.7 Å². The lowest BCUT2D eigenvalue weighted by atomic mass is 10.1. The van der Waals surface area contributed by atoms with E-state index in [2.05, 4.69) is 10.1 Å². The predicted molar refractivity (Wildman–Crippen MR) is 59.1 cm³/mol. The van der Waals surface area contributed by atoms with Crippen LogP contribution in [0.25, 0.3) is 11.4 Å². The fraction of sp³-hybridized carbons (Fsp3) is 0.250. The normalized spacial score (nSPS) is 11.6. The monoisotopic (exact) mass is 270 g/mol. The number of benzene rings is 1. The molecule has 0 aliphatic rings. The van der Waals surface area contributed by atoms with E-state index in [0.29, 0.717) is 0 Å². The van der Waals surface area contributed by atoms with Gasteiger partial charge >= 0.3 is 6.18 Å². The van der Waals surface area contributed by atoms with Crippen LogP contribution < -0.4 is 0 Å². The topological polar surface area (TPSA) is 56.0 Å². The minimum absolute atomic E-state index is 0.000484. The molecule has 0 saturated carbocycles. The number of halogens is 3. The van der Waals surface area contributed by atoms with E-state index in [4.69, 9.17) is 4.52 Å². The summed E-state index contributed by atoms with van der Waals surface area (Å²) in [6, 6.07) is 4.93. The van der Waals surface area contributed by atoms with Gasteiger partial charge in [0.05, 0.1) is 12.0 Å². The van der Waals surface area contributed by atoms with Crippen LogP contribution in [0, 0.1) is 0 Å². The number of hydrogen-bond acceptors (Lipinski definition) is 4. The molecule has 19 heavy (non-hydrogen) atoms. The zero-order chi connectivity index (χ0) is 14.0. The van der Waals surface area contributed by atoms with E-state index in [0.717, 1.165) is 6.07 Å². The van der Waals surface area contributed by atoms with Crippen molar-refractivity contribution in [3.8, 4) is 11.4 Å². The van der Waals surface area contributed by atoms with E-state index in [1.165, 1.54) is 25.1 Å². The van der Waals surface area contributed by atoms with Crippen LogP contribution in [0.2, 0.25) is 0 Å². The zero-order valence-corrected chi connectivity index (χ0v) is 9.86. The Morgan fingerprint density at radius 3 is 2.63 bits per heavy atom. The van der Waals surface area contributed by atoms with Crippen LogP contribution in [0.3, 0.4) is 0 Å². The average molecular weight is 270 g/mol. The summed E-state index contributed by atoms with van der Waals surface area (Å²) in [5, 5.41) is 3.48. The van der Waals surface area contributed by atoms with E-state index in [1.54, 1.807) is 0 Å². The lowest BCUT2D eigenvalue weighted by Crippen LogP contribution is -2.07. The molecule has 0 N–H and O–H groups in total. The third kappa shape index (κ3) is 2.98. The SMILES string of the molecule is CC(=O)Cc1nc(-c2ccccc2C(F)(F)F)no1. The second-order valence-electron chi connectivity index (χ2n) is 3.93. The molecule has 0 aliphatic carbocycles. The van der Waals surface area contributed by atoms with Gasteiger partial charge in [0, 0.05) is 5.56 Å². The third-order valence-corrected chi connectivity index (χ3v) is 2.34. The Balaban J connectivity index is 2.42. The minimum atomic E-state index is -4.50. The molecule has 0 fully saturated rings. The Kier molecular flexibility index (Phi) is 3.37. The van der Waals surface area contributed by atoms with Gasteiger partial charge < -0.3 is 4.52 Å². The molecular weight excluding hydrogens is 261 g/mol. The Morgan fingerprint density at radius 2 is 2.00 bits per heavy atom. The molecule has 2 rings (SSSR count). The summed E-state index contributed by atoms with van der Waals surface area (Å²) >= 11 is 0. The van der Waals surface area contributed by atoms with Gasteiger partial charge in [-0.3, -0.25) is 4.79 Å². The number of rotatable bonds is 3. The van der Waals surface area contributed by atoms with Crippen LogP contribution in [-0.2, 0) is 17.4 Å². The second-order valence-corrected chi connectivity index (χ2v) is 3.93. The summed E-state index contributed by atoms with van der Waals surface area (Å²) in [4.78, 5) is 14.7. The molecule has 0 unspecified atom stereocenters. The van der Waals surface area contributed by atoms with E-state index in [1.807, 2.05) is 0 Å². The number of hydrogen-bond donors (Lipinski definition) is 0. The minimum Gasteiger partial charge on any atom is -0.339 e. The van der Waals surface area contributed by atoms with Crippen LogP contribution in [0.5, 0.6) is 0 Å². The first kappa shape index (κ1) is 13.3. The average Bonchev–Trinajstić information content (AvgIpc) is 2.75. The summed E-state index contributed by atoms with van der Waals surface area (Å²) < 4.78 is 43.2. The molecule has 2 aromatic rings. The number of alkyl halides is 3. The molecule has 100 valence electrons. The first-order chi connectivity index (χ1) is 8.88. The largest absolute Gasteiger partial charge is 0.417 e. The number of ketones is 1. The molecule has 4 nitrogen and oxygen atoms in total. The summed E-state index contributed by atoms with van der Waals surface area (Å²) in [6.07, 6.45) is -4.60. The molecule has 1 aromatic carbocycles. The molecule has 0 aliphatic heterocycles. The smallest absolute Gasteiger partial charge is 0.339 e. The second kappa shape index (κ2) is 4.83. The highest BCUT2D eigenvalue weighted by Crippen LogP contribution is 2.35. The van der Waals surface area contributed by atoms with Crippen molar-refractivity contribution in [2.45, 2.75) is 19.5 Å². The molecule has 0 amide bonds. The maximum Gasteiger partial charge on any atom is 0.417 e. The van der Waals surface area contributed by atoms with Crippen molar-refractivity contribution in [3.63, 3.8) is 0 Å². The summed E-state index contributed by atoms with van der Waals surface area (Å²) in [5.74, 6) is -0.386. The van der Waals surface area contributed by atoms with E-state index >= 15 is 0 Å². The van der Waals surface area contributed by atoms with Gasteiger partial charge in [-0.2, -0.15) is 18.2 Å². The quantitative estimate of drug-likeness (QED) is 0.860. The van der Waals surface area contributed by atoms with Crippen molar-refractivity contribution in [1.82, 2.24) is 10.1 Å². The van der Waals surface area contributed by atoms with Crippen LogP contribution in [-0.4, -0.2) is 15.9 Å². The van der Waals surface area contributed by atoms with Crippen molar-refractivity contribution in [2.75, 3.05) is 0 Å². The van der Waals surface area contributed by atoms with Gasteiger partial charge in [-0.25, -0.2) is 0 Å². The van der Waals surface area contributed by atoms with E-state index in [-0.39, 0.29) is 29.5 Å². The number of nitrogens with zero attached hydrogens (tertiary/aromatic N) is 2. The lowest BCUT2D eigenvalue weighted by Gasteiger charge is -2.09. The van der Waals surface area contributed by atoms with Crippen LogP contribution in [0.1, 0.15) is 18.4 Å². The predicted octanol–water partition coefficient (Wildman–Crippen LogP) is 2.89. The highest BCUT2D eigenvalue weighted by Gasteiger charge is 2.34. The van der Waals surface area contributed by atoms with Crippen molar-refractivity contribution in [2.24, 2.45) is 0 Å². The van der Waals surface area contributed by atoms with Gasteiger partial charge in [-0.1, -0.05) is 23.4 Å².